The second-order valence-electron chi connectivity index (χ2n) is 18.4. The van der Waals surface area contributed by atoms with E-state index >= 15 is 0 Å². The highest BCUT2D eigenvalue weighted by molar-refractivity contribution is 7.83. The van der Waals surface area contributed by atoms with Crippen molar-refractivity contribution in [2.45, 2.75) is 147 Å². The van der Waals surface area contributed by atoms with E-state index in [1.165, 1.54) is 20.6 Å². The molecular weight excluding hydrogens is 847 g/mol. The topological polar surface area (TPSA) is 193 Å². The van der Waals surface area contributed by atoms with Gasteiger partial charge in [-0.3, -0.25) is 33.6 Å². The van der Waals surface area contributed by atoms with E-state index in [1.807, 2.05) is 89.2 Å². The molecule has 1 heterocycles. The molecule has 364 valence electrons. The van der Waals surface area contributed by atoms with Crippen LogP contribution in [0.3, 0.4) is 0 Å². The number of benzene rings is 2. The van der Waals surface area contributed by atoms with Crippen molar-refractivity contribution in [3.63, 3.8) is 0 Å². The van der Waals surface area contributed by atoms with Crippen molar-refractivity contribution < 1.29 is 37.7 Å². The minimum absolute atomic E-state index is 0.0225. The van der Waals surface area contributed by atoms with E-state index in [2.05, 4.69) is 29.2 Å². The Labute approximate surface area is 391 Å². The average molecular weight is 926 g/mol. The molecule has 4 rings (SSSR count). The third-order valence-corrected chi connectivity index (χ3v) is 13.8. The molecular formula is C49H79N7O8S. The summed E-state index contributed by atoms with van der Waals surface area (Å²) in [6.45, 7) is 14.1. The first-order valence-corrected chi connectivity index (χ1v) is 24.4. The summed E-state index contributed by atoms with van der Waals surface area (Å²) in [5, 5.41) is 5.71. The van der Waals surface area contributed by atoms with Crippen LogP contribution in [0.4, 0.5) is 0 Å². The lowest BCUT2D eigenvalue weighted by Gasteiger charge is -2.39. The Hall–Kier alpha value is -4.22. The minimum Gasteiger partial charge on any atom is -0.379 e. The van der Waals surface area contributed by atoms with Crippen molar-refractivity contribution in [2.75, 3.05) is 48.5 Å². The molecule has 1 saturated carbocycles. The van der Waals surface area contributed by atoms with E-state index in [9.17, 15) is 28.2 Å². The van der Waals surface area contributed by atoms with Crippen molar-refractivity contribution in [2.24, 2.45) is 23.5 Å². The molecule has 0 bridgehead atoms. The fourth-order valence-electron chi connectivity index (χ4n) is 8.77. The van der Waals surface area contributed by atoms with Gasteiger partial charge in [0.05, 0.1) is 54.1 Å². The third kappa shape index (κ3) is 15.4. The molecule has 0 radical (unpaired) electrons. The van der Waals surface area contributed by atoms with Crippen LogP contribution in [0.25, 0.3) is 0 Å². The highest BCUT2D eigenvalue weighted by Crippen LogP contribution is 2.42. The molecule has 2 aromatic carbocycles. The Morgan fingerprint density at radius 3 is 2.03 bits per heavy atom. The van der Waals surface area contributed by atoms with E-state index in [4.69, 9.17) is 15.2 Å². The fraction of sp³-hybridized carbons (Fsp3) is 0.653. The predicted molar refractivity (Wildman–Crippen MR) is 256 cm³/mol. The van der Waals surface area contributed by atoms with Gasteiger partial charge in [0.2, 0.25) is 23.6 Å². The number of rotatable bonds is 23. The Balaban J connectivity index is 0.00000363. The molecule has 5 N–H and O–H groups in total. The number of nitrogens with two attached hydrogens (primary N) is 1. The van der Waals surface area contributed by atoms with Gasteiger partial charge in [0, 0.05) is 39.8 Å². The Bertz CT molecular complexity index is 1850. The van der Waals surface area contributed by atoms with Crippen LogP contribution in [-0.4, -0.2) is 133 Å². The van der Waals surface area contributed by atoms with E-state index in [0.29, 0.717) is 30.7 Å². The quantitative estimate of drug-likeness (QED) is 0.123. The second kappa shape index (κ2) is 26.2. The number of likely N-dealkylation sites (tertiary alicyclic amines) is 1. The molecule has 15 nitrogen and oxygen atoms in total. The molecule has 9 atom stereocenters. The summed E-state index contributed by atoms with van der Waals surface area (Å²) in [6, 6.07) is 13.9. The van der Waals surface area contributed by atoms with E-state index in [1.54, 1.807) is 35.9 Å². The largest absolute Gasteiger partial charge is 0.379 e. The number of nitrogens with one attached hydrogen (secondary N) is 3. The summed E-state index contributed by atoms with van der Waals surface area (Å²) in [5.41, 5.74) is 7.72. The molecule has 0 aromatic heterocycles. The maximum absolute atomic E-state index is 14.3. The summed E-state index contributed by atoms with van der Waals surface area (Å²) >= 11 is 0. The lowest BCUT2D eigenvalue weighted by atomic mass is 9.90. The van der Waals surface area contributed by atoms with Gasteiger partial charge in [-0.2, -0.15) is 0 Å². The van der Waals surface area contributed by atoms with Gasteiger partial charge in [-0.05, 0) is 74.9 Å². The first-order valence-electron chi connectivity index (χ1n) is 23.3. The number of nitrogens with zero attached hydrogens (tertiary/aromatic N) is 3. The zero-order valence-corrected chi connectivity index (χ0v) is 41.9. The predicted octanol–water partition coefficient (Wildman–Crippen LogP) is 4.54. The first kappa shape index (κ1) is 55.1. The molecule has 2 aromatic rings. The van der Waals surface area contributed by atoms with Gasteiger partial charge < -0.3 is 35.6 Å². The van der Waals surface area contributed by atoms with Crippen LogP contribution >= 0.6 is 0 Å². The van der Waals surface area contributed by atoms with Crippen LogP contribution in [0.15, 0.2) is 59.5 Å². The Morgan fingerprint density at radius 1 is 0.892 bits per heavy atom. The molecule has 2 aliphatic rings. The van der Waals surface area contributed by atoms with Gasteiger partial charge in [0.15, 0.2) is 11.0 Å². The summed E-state index contributed by atoms with van der Waals surface area (Å²) in [7, 11) is 6.48. The van der Waals surface area contributed by atoms with Crippen LogP contribution in [0.2, 0.25) is 0 Å². The van der Waals surface area contributed by atoms with Gasteiger partial charge in [-0.15, -0.1) is 0 Å². The summed E-state index contributed by atoms with van der Waals surface area (Å²) in [6.07, 6.45) is 3.77. The van der Waals surface area contributed by atoms with E-state index in [-0.39, 0.29) is 54.5 Å². The average Bonchev–Trinajstić information content (AvgIpc) is 3.85. The molecule has 2 fully saturated rings. The molecule has 65 heavy (non-hydrogen) atoms. The lowest BCUT2D eigenvalue weighted by molar-refractivity contribution is -0.146. The monoisotopic (exact) mass is 926 g/mol. The standard InChI is InChI=1S/C46H71N7O8S.C3H8/c1-11-30(4)41(52(8)39(55)28-48-45(58)40(29(2)3)51(6)7)37(60-9)27-38(54)53-25-15-18-36(53)42(61-10)31(5)43(56)49-35(26-32-16-13-12-14-17-32)44(57)50-62(59)34-21-19-33(20-22-34)46(47)23-24-46;1-3-2/h12-14,16-17,19-22,29-31,35-37,40-42H,11,15,18,23-28,47H2,1-10H3,(H,48,58)(H,49,56)(H,50,57);3H2,1-2H3. The van der Waals surface area contributed by atoms with Gasteiger partial charge in [0.1, 0.15) is 6.04 Å². The Morgan fingerprint density at radius 2 is 1.51 bits per heavy atom. The van der Waals surface area contributed by atoms with Crippen molar-refractivity contribution in [3.8, 4) is 0 Å². The molecule has 9 unspecified atom stereocenters. The number of methoxy groups -OCH3 is 2. The maximum atomic E-state index is 14.3. The SMILES string of the molecule is CCC.CCC(C)C(C(CC(=O)N1CCCC1C(OC)C(C)C(=O)NC(Cc1ccccc1)C(=O)NS(=O)c1ccc(C2(N)CC2)cc1)OC)N(C)C(=O)CNC(=O)C(C(C)C)N(C)C. The lowest BCUT2D eigenvalue weighted by Crippen LogP contribution is -2.55. The summed E-state index contributed by atoms with van der Waals surface area (Å²) in [5.74, 6) is -2.58. The summed E-state index contributed by atoms with van der Waals surface area (Å²) in [4.78, 5) is 74.3. The normalized spacial score (nSPS) is 19.1. The zero-order chi connectivity index (χ0) is 48.6. The van der Waals surface area contributed by atoms with Crippen molar-refractivity contribution in [1.29, 1.82) is 0 Å². The zero-order valence-electron chi connectivity index (χ0n) is 41.1. The van der Waals surface area contributed by atoms with Gasteiger partial charge in [0.25, 0.3) is 5.91 Å². The van der Waals surface area contributed by atoms with Gasteiger partial charge >= 0.3 is 0 Å². The van der Waals surface area contributed by atoms with Crippen LogP contribution < -0.4 is 21.1 Å². The number of hydrogen-bond donors (Lipinski definition) is 4. The van der Waals surface area contributed by atoms with Crippen LogP contribution in [0.1, 0.15) is 105 Å². The molecule has 5 amide bonds. The van der Waals surface area contributed by atoms with Crippen LogP contribution in [0, 0.1) is 17.8 Å². The molecule has 1 aliphatic heterocycles. The van der Waals surface area contributed by atoms with Crippen molar-refractivity contribution >= 4 is 40.5 Å². The second-order valence-corrected chi connectivity index (χ2v) is 19.6. The first-order chi connectivity index (χ1) is 30.8. The number of amides is 5. The smallest absolute Gasteiger partial charge is 0.254 e. The van der Waals surface area contributed by atoms with Crippen molar-refractivity contribution in [3.05, 3.63) is 65.7 Å². The number of likely N-dealkylation sites (N-methyl/N-ethyl adjacent to an activating group) is 2. The molecule has 0 spiro atoms. The van der Waals surface area contributed by atoms with Crippen LogP contribution in [-0.2, 0) is 56.4 Å². The number of hydrogen-bond acceptors (Lipinski definition) is 10. The van der Waals surface area contributed by atoms with Crippen molar-refractivity contribution in [1.82, 2.24) is 30.1 Å². The molecule has 1 saturated heterocycles. The summed E-state index contributed by atoms with van der Waals surface area (Å²) < 4.78 is 27.9. The molecule has 16 heteroatoms. The number of carbonyl (C=O) groups is 5. The van der Waals surface area contributed by atoms with E-state index in [0.717, 1.165) is 24.0 Å². The van der Waals surface area contributed by atoms with E-state index < -0.39 is 65.1 Å². The number of ether oxygens (including phenoxy) is 2. The third-order valence-electron chi connectivity index (χ3n) is 12.7. The molecule has 1 aliphatic carbocycles. The Kier molecular flexibility index (Phi) is 22.2. The highest BCUT2D eigenvalue weighted by Gasteiger charge is 2.43. The minimum atomic E-state index is -1.89. The van der Waals surface area contributed by atoms with Gasteiger partial charge in [-0.1, -0.05) is 104 Å². The van der Waals surface area contributed by atoms with Gasteiger partial charge in [-0.25, -0.2) is 4.21 Å². The highest BCUT2D eigenvalue weighted by atomic mass is 32.2. The fourth-order valence-corrected chi connectivity index (χ4v) is 9.59. The maximum Gasteiger partial charge on any atom is 0.254 e. The number of carbonyl (C=O) groups excluding carboxylic acids is 5. The van der Waals surface area contributed by atoms with Crippen LogP contribution in [0.5, 0.6) is 0 Å².